The summed E-state index contributed by atoms with van der Waals surface area (Å²) in [4.78, 5) is 18.9. The Morgan fingerprint density at radius 1 is 1.55 bits per heavy atom. The van der Waals surface area contributed by atoms with Gasteiger partial charge in [0, 0.05) is 6.54 Å². The van der Waals surface area contributed by atoms with Gasteiger partial charge in [0.1, 0.15) is 0 Å². The molecule has 4 nitrogen and oxygen atoms in total. The fraction of sp³-hybridized carbons (Fsp3) is 0.857. The molecule has 0 aromatic rings. The molecule has 0 saturated carbocycles. The van der Waals surface area contributed by atoms with Crippen molar-refractivity contribution in [3.63, 3.8) is 0 Å². The zero-order chi connectivity index (χ0) is 8.69. The number of nitrogens with one attached hydrogen (secondary N) is 1. The topological polar surface area (TPSA) is 47.6 Å². The van der Waals surface area contributed by atoms with Crippen molar-refractivity contribution in [1.82, 2.24) is 5.32 Å². The predicted octanol–water partition coefficient (Wildman–Crippen LogP) is 1.32. The highest BCUT2D eigenvalue weighted by Crippen LogP contribution is 1.96. The van der Waals surface area contributed by atoms with Gasteiger partial charge in [-0.25, -0.2) is 4.79 Å². The van der Waals surface area contributed by atoms with Crippen molar-refractivity contribution in [2.45, 2.75) is 20.3 Å². The Kier molecular flexibility index (Phi) is 5.56. The van der Waals surface area contributed by atoms with Crippen molar-refractivity contribution in [1.29, 1.82) is 0 Å². The van der Waals surface area contributed by atoms with Crippen LogP contribution in [0.2, 0.25) is 0 Å². The van der Waals surface area contributed by atoms with Crippen LogP contribution in [0.15, 0.2) is 0 Å². The second kappa shape index (κ2) is 5.97. The third kappa shape index (κ3) is 7.12. The third-order valence-corrected chi connectivity index (χ3v) is 1.15. The molecule has 0 aliphatic rings. The van der Waals surface area contributed by atoms with E-state index in [0.29, 0.717) is 12.5 Å². The zero-order valence-electron chi connectivity index (χ0n) is 7.22. The first-order valence-electron chi connectivity index (χ1n) is 3.65. The second-order valence-electron chi connectivity index (χ2n) is 2.65. The third-order valence-electron chi connectivity index (χ3n) is 1.15. The van der Waals surface area contributed by atoms with Crippen LogP contribution in [0, 0.1) is 5.92 Å². The van der Waals surface area contributed by atoms with Gasteiger partial charge in [0.2, 0.25) is 0 Å². The maximum Gasteiger partial charge on any atom is 0.438 e. The highest BCUT2D eigenvalue weighted by Gasteiger charge is 2.00. The maximum atomic E-state index is 10.6. The van der Waals surface area contributed by atoms with Gasteiger partial charge in [-0.15, -0.1) is 0 Å². The first-order chi connectivity index (χ1) is 5.16. The quantitative estimate of drug-likeness (QED) is 0.499. The molecular formula is C7H15NO3. The van der Waals surface area contributed by atoms with E-state index < -0.39 is 6.09 Å². The van der Waals surface area contributed by atoms with E-state index in [4.69, 9.17) is 0 Å². The molecule has 0 aliphatic heterocycles. The summed E-state index contributed by atoms with van der Waals surface area (Å²) in [6.07, 6.45) is 0.409. The van der Waals surface area contributed by atoms with Gasteiger partial charge in [0.05, 0.1) is 7.11 Å². The van der Waals surface area contributed by atoms with Crippen molar-refractivity contribution < 1.29 is 14.6 Å². The molecule has 1 N–H and O–H groups in total. The van der Waals surface area contributed by atoms with Crippen molar-refractivity contribution in [2.75, 3.05) is 13.7 Å². The molecule has 0 bridgehead atoms. The van der Waals surface area contributed by atoms with Crippen LogP contribution in [0.4, 0.5) is 4.79 Å². The number of rotatable bonds is 4. The van der Waals surface area contributed by atoms with Crippen LogP contribution < -0.4 is 5.32 Å². The summed E-state index contributed by atoms with van der Waals surface area (Å²) in [5.74, 6) is 0.581. The Morgan fingerprint density at radius 3 is 2.64 bits per heavy atom. The molecule has 0 rings (SSSR count). The molecule has 11 heavy (non-hydrogen) atoms. The summed E-state index contributed by atoms with van der Waals surface area (Å²) >= 11 is 0. The Bertz CT molecular complexity index is 114. The average Bonchev–Trinajstić information content (AvgIpc) is 1.87. The van der Waals surface area contributed by atoms with Gasteiger partial charge in [-0.2, -0.15) is 4.89 Å². The minimum absolute atomic E-state index is 0.534. The maximum absolute atomic E-state index is 10.6. The lowest BCUT2D eigenvalue weighted by atomic mass is 10.1. The van der Waals surface area contributed by atoms with Crippen LogP contribution in [0.5, 0.6) is 0 Å². The van der Waals surface area contributed by atoms with E-state index >= 15 is 0 Å². The lowest BCUT2D eigenvalue weighted by Gasteiger charge is -2.04. The summed E-state index contributed by atoms with van der Waals surface area (Å²) in [6, 6.07) is 0. The van der Waals surface area contributed by atoms with E-state index in [9.17, 15) is 4.79 Å². The minimum atomic E-state index is -0.534. The molecule has 0 aromatic heterocycles. The molecule has 0 heterocycles. The summed E-state index contributed by atoms with van der Waals surface area (Å²) in [5.41, 5.74) is 0. The standard InChI is InChI=1S/C7H15NO3/c1-6(2)4-5-8-7(9)11-10-3/h6H,4-5H2,1-3H3,(H,8,9). The summed E-state index contributed by atoms with van der Waals surface area (Å²) in [7, 11) is 1.29. The average molecular weight is 161 g/mol. The molecule has 0 spiro atoms. The van der Waals surface area contributed by atoms with Crippen molar-refractivity contribution in [3.8, 4) is 0 Å². The van der Waals surface area contributed by atoms with E-state index in [1.165, 1.54) is 7.11 Å². The molecule has 66 valence electrons. The monoisotopic (exact) mass is 161 g/mol. The van der Waals surface area contributed by atoms with Crippen LogP contribution in [0.3, 0.4) is 0 Å². The number of carbonyl (C=O) groups is 1. The van der Waals surface area contributed by atoms with Gasteiger partial charge in [0.15, 0.2) is 0 Å². The smallest absolute Gasteiger partial charge is 0.319 e. The molecule has 0 aliphatic carbocycles. The van der Waals surface area contributed by atoms with Crippen LogP contribution in [-0.4, -0.2) is 19.7 Å². The normalized spacial score (nSPS) is 9.82. The molecule has 0 unspecified atom stereocenters. The molecule has 0 atom stereocenters. The first kappa shape index (κ1) is 10.2. The highest BCUT2D eigenvalue weighted by atomic mass is 17.2. The minimum Gasteiger partial charge on any atom is -0.319 e. The fourth-order valence-electron chi connectivity index (χ4n) is 0.568. The lowest BCUT2D eigenvalue weighted by Crippen LogP contribution is -2.25. The molecule has 0 fully saturated rings. The molecule has 1 amide bonds. The zero-order valence-corrected chi connectivity index (χ0v) is 7.22. The van der Waals surface area contributed by atoms with Gasteiger partial charge >= 0.3 is 6.09 Å². The summed E-state index contributed by atoms with van der Waals surface area (Å²) in [5, 5.41) is 2.53. The Labute approximate surface area is 66.8 Å². The second-order valence-corrected chi connectivity index (χ2v) is 2.65. The van der Waals surface area contributed by atoms with Gasteiger partial charge in [-0.1, -0.05) is 13.8 Å². The molecule has 0 radical (unpaired) electrons. The van der Waals surface area contributed by atoms with Gasteiger partial charge in [-0.3, -0.25) is 4.89 Å². The van der Waals surface area contributed by atoms with E-state index in [1.54, 1.807) is 0 Å². The van der Waals surface area contributed by atoms with Gasteiger partial charge in [-0.05, 0) is 12.3 Å². The summed E-state index contributed by atoms with van der Waals surface area (Å²) < 4.78 is 0. The molecule has 0 aromatic carbocycles. The largest absolute Gasteiger partial charge is 0.438 e. The molecule has 0 saturated heterocycles. The summed E-state index contributed by atoms with van der Waals surface area (Å²) in [6.45, 7) is 4.80. The fourth-order valence-corrected chi connectivity index (χ4v) is 0.568. The van der Waals surface area contributed by atoms with Crippen molar-refractivity contribution in [2.24, 2.45) is 5.92 Å². The van der Waals surface area contributed by atoms with Gasteiger partial charge in [0.25, 0.3) is 0 Å². The van der Waals surface area contributed by atoms with Crippen molar-refractivity contribution in [3.05, 3.63) is 0 Å². The van der Waals surface area contributed by atoms with E-state index in [2.05, 4.69) is 28.9 Å². The SMILES string of the molecule is COOC(=O)NCCC(C)C. The van der Waals surface area contributed by atoms with Gasteiger partial charge < -0.3 is 5.32 Å². The Hall–Kier alpha value is -0.770. The number of carbonyl (C=O) groups excluding carboxylic acids is 1. The van der Waals surface area contributed by atoms with Crippen LogP contribution >= 0.6 is 0 Å². The number of hydrogen-bond acceptors (Lipinski definition) is 3. The van der Waals surface area contributed by atoms with Crippen LogP contribution in [-0.2, 0) is 9.78 Å². The van der Waals surface area contributed by atoms with Crippen molar-refractivity contribution >= 4 is 6.09 Å². The predicted molar refractivity (Wildman–Crippen MR) is 40.9 cm³/mol. The van der Waals surface area contributed by atoms with E-state index in [0.717, 1.165) is 6.42 Å². The van der Waals surface area contributed by atoms with Crippen LogP contribution in [0.1, 0.15) is 20.3 Å². The highest BCUT2D eigenvalue weighted by molar-refractivity contribution is 5.66. The van der Waals surface area contributed by atoms with Crippen LogP contribution in [0.25, 0.3) is 0 Å². The first-order valence-corrected chi connectivity index (χ1v) is 3.65. The Balaban J connectivity index is 3.17. The van der Waals surface area contributed by atoms with E-state index in [1.807, 2.05) is 0 Å². The Morgan fingerprint density at radius 2 is 2.18 bits per heavy atom. The number of hydrogen-bond donors (Lipinski definition) is 1. The molecule has 4 heteroatoms. The number of amides is 1. The molecular weight excluding hydrogens is 146 g/mol. The van der Waals surface area contributed by atoms with E-state index in [-0.39, 0.29) is 0 Å². The lowest BCUT2D eigenvalue weighted by molar-refractivity contribution is -0.212.